The lowest BCUT2D eigenvalue weighted by molar-refractivity contribution is -0.140. The van der Waals surface area contributed by atoms with Crippen molar-refractivity contribution >= 4 is 40.8 Å². The van der Waals surface area contributed by atoms with Gasteiger partial charge in [0.05, 0.1) is 18.4 Å². The normalized spacial score (nSPS) is 12.1. The van der Waals surface area contributed by atoms with Gasteiger partial charge in [-0.1, -0.05) is 19.9 Å². The van der Waals surface area contributed by atoms with E-state index in [1.165, 1.54) is 18.3 Å². The number of aliphatic carboxylic acids is 2. The van der Waals surface area contributed by atoms with Crippen LogP contribution in [0.5, 0.6) is 0 Å². The Bertz CT molecular complexity index is 1350. The lowest BCUT2D eigenvalue weighted by Gasteiger charge is -2.14. The first-order valence-corrected chi connectivity index (χ1v) is 11.2. The van der Waals surface area contributed by atoms with Crippen LogP contribution < -0.4 is 16.2 Å². The molecule has 1 unspecified atom stereocenters. The lowest BCUT2D eigenvalue weighted by atomic mass is 10.1. The number of aromatic nitrogens is 4. The highest BCUT2D eigenvalue weighted by Gasteiger charge is 2.21. The first-order valence-electron chi connectivity index (χ1n) is 11.2. The zero-order valence-electron chi connectivity index (χ0n) is 19.7. The molecule has 12 heteroatoms. The Labute approximate surface area is 205 Å². The van der Waals surface area contributed by atoms with Crippen LogP contribution >= 0.6 is 0 Å². The van der Waals surface area contributed by atoms with Crippen LogP contribution in [0.3, 0.4) is 0 Å². The van der Waals surface area contributed by atoms with Crippen molar-refractivity contribution in [2.24, 2.45) is 5.92 Å². The molecular formula is C24H26N6O6. The lowest BCUT2D eigenvalue weighted by Crippen LogP contribution is -2.41. The number of hydrogen-bond donors (Lipinski definition) is 5. The predicted octanol–water partition coefficient (Wildman–Crippen LogP) is 2.04. The zero-order valence-corrected chi connectivity index (χ0v) is 19.7. The fraction of sp³-hybridized carbons (Fsp3) is 0.292. The van der Waals surface area contributed by atoms with Gasteiger partial charge in [0.15, 0.2) is 11.2 Å². The molecule has 2 aromatic heterocycles. The molecule has 0 saturated heterocycles. The van der Waals surface area contributed by atoms with Crippen LogP contribution in [0.25, 0.3) is 17.2 Å². The van der Waals surface area contributed by atoms with Crippen molar-refractivity contribution in [3.63, 3.8) is 0 Å². The fourth-order valence-electron chi connectivity index (χ4n) is 3.12. The van der Waals surface area contributed by atoms with E-state index in [0.717, 1.165) is 0 Å². The van der Waals surface area contributed by atoms with E-state index in [1.807, 2.05) is 19.9 Å². The maximum absolute atomic E-state index is 12.4. The number of amides is 1. The Morgan fingerprint density at radius 3 is 2.47 bits per heavy atom. The van der Waals surface area contributed by atoms with Gasteiger partial charge in [0, 0.05) is 17.7 Å². The quantitative estimate of drug-likeness (QED) is 0.264. The average molecular weight is 495 g/mol. The highest BCUT2D eigenvalue weighted by molar-refractivity contribution is 5.96. The third-order valence-electron chi connectivity index (χ3n) is 5.00. The number of allylic oxidation sites excluding steroid dienone is 1. The maximum atomic E-state index is 12.4. The number of carbonyl (C=O) groups excluding carboxylic acids is 1. The first kappa shape index (κ1) is 26.0. The number of rotatable bonds is 11. The summed E-state index contributed by atoms with van der Waals surface area (Å²) in [6.07, 6.45) is 4.55. The van der Waals surface area contributed by atoms with E-state index < -0.39 is 29.4 Å². The summed E-state index contributed by atoms with van der Waals surface area (Å²) >= 11 is 0. The van der Waals surface area contributed by atoms with Crippen LogP contribution in [0.4, 0.5) is 5.69 Å². The molecule has 0 spiro atoms. The van der Waals surface area contributed by atoms with Gasteiger partial charge in [0.1, 0.15) is 11.9 Å². The Kier molecular flexibility index (Phi) is 8.44. The molecular weight excluding hydrogens is 468 g/mol. The number of hydrogen-bond acceptors (Lipinski definition) is 8. The summed E-state index contributed by atoms with van der Waals surface area (Å²) in [4.78, 5) is 62.3. The van der Waals surface area contributed by atoms with E-state index in [0.29, 0.717) is 23.1 Å². The van der Waals surface area contributed by atoms with E-state index in [4.69, 9.17) is 5.11 Å². The third-order valence-corrected chi connectivity index (χ3v) is 5.00. The second-order valence-corrected chi connectivity index (χ2v) is 8.32. The second kappa shape index (κ2) is 11.7. The van der Waals surface area contributed by atoms with Gasteiger partial charge in [-0.25, -0.2) is 19.7 Å². The monoisotopic (exact) mass is 494 g/mol. The number of aromatic amines is 1. The number of carboxylic acid groups (broad SMARTS) is 2. The molecule has 0 aliphatic rings. The smallest absolute Gasteiger partial charge is 0.326 e. The largest absolute Gasteiger partial charge is 0.481 e. The summed E-state index contributed by atoms with van der Waals surface area (Å²) in [7, 11) is 0. The molecule has 36 heavy (non-hydrogen) atoms. The van der Waals surface area contributed by atoms with Gasteiger partial charge >= 0.3 is 11.9 Å². The van der Waals surface area contributed by atoms with Crippen molar-refractivity contribution in [1.82, 2.24) is 25.3 Å². The molecule has 1 atom stereocenters. The summed E-state index contributed by atoms with van der Waals surface area (Å²) in [5.74, 6) is -2.38. The van der Waals surface area contributed by atoms with Gasteiger partial charge in [-0.15, -0.1) is 0 Å². The molecule has 1 amide bonds. The van der Waals surface area contributed by atoms with Crippen LogP contribution in [0.2, 0.25) is 0 Å². The van der Waals surface area contributed by atoms with Gasteiger partial charge in [0.2, 0.25) is 0 Å². The van der Waals surface area contributed by atoms with Gasteiger partial charge in [-0.05, 0) is 42.7 Å². The van der Waals surface area contributed by atoms with Crippen LogP contribution in [0.1, 0.15) is 48.6 Å². The molecule has 0 aliphatic heterocycles. The molecule has 3 aromatic rings. The molecule has 5 N–H and O–H groups in total. The van der Waals surface area contributed by atoms with Crippen molar-refractivity contribution < 1.29 is 24.6 Å². The number of anilines is 1. The second-order valence-electron chi connectivity index (χ2n) is 8.32. The summed E-state index contributed by atoms with van der Waals surface area (Å²) in [5.41, 5.74) is 1.34. The predicted molar refractivity (Wildman–Crippen MR) is 131 cm³/mol. The molecule has 0 fully saturated rings. The summed E-state index contributed by atoms with van der Waals surface area (Å²) in [6, 6.07) is 4.94. The Hall–Kier alpha value is -4.61. The van der Waals surface area contributed by atoms with Gasteiger partial charge in [-0.2, -0.15) is 0 Å². The number of carbonyl (C=O) groups is 3. The highest BCUT2D eigenvalue weighted by atomic mass is 16.4. The molecule has 0 saturated carbocycles. The van der Waals surface area contributed by atoms with Crippen LogP contribution in [-0.4, -0.2) is 54.0 Å². The van der Waals surface area contributed by atoms with Crippen LogP contribution in [-0.2, 0) is 16.1 Å². The van der Waals surface area contributed by atoms with Gasteiger partial charge < -0.3 is 25.8 Å². The van der Waals surface area contributed by atoms with E-state index >= 15 is 0 Å². The molecule has 0 radical (unpaired) electrons. The Balaban J connectivity index is 1.63. The third kappa shape index (κ3) is 7.19. The first-order chi connectivity index (χ1) is 17.1. The zero-order chi connectivity index (χ0) is 26.2. The van der Waals surface area contributed by atoms with Crippen molar-refractivity contribution in [2.75, 3.05) is 5.32 Å². The number of benzene rings is 1. The SMILES string of the molecule is CC(C)/C=C/c1nc2ncc(CNc3ccc(C(=O)NC(CCC(=O)O)C(=O)O)cc3)nc2c(=O)[nH]1. The summed E-state index contributed by atoms with van der Waals surface area (Å²) in [6.45, 7) is 4.27. The van der Waals surface area contributed by atoms with Crippen molar-refractivity contribution in [3.05, 3.63) is 64.0 Å². The van der Waals surface area contributed by atoms with E-state index in [1.54, 1.807) is 18.2 Å². The maximum Gasteiger partial charge on any atom is 0.326 e. The number of H-pyrrole nitrogens is 1. The summed E-state index contributed by atoms with van der Waals surface area (Å²) < 4.78 is 0. The van der Waals surface area contributed by atoms with Crippen LogP contribution in [0, 0.1) is 5.92 Å². The standard InChI is InChI=1S/C24H26N6O6/c1-13(2)3-9-18-29-21-20(23(34)30-18)27-16(12-26-21)11-25-15-6-4-14(5-7-15)22(33)28-17(24(35)36)8-10-19(31)32/h3-7,9,12-13,17,25H,8,10-11H2,1-2H3,(H,28,33)(H,31,32)(H,35,36)(H,26,29,30,34)/b9-3+. The molecule has 0 aliphatic carbocycles. The molecule has 12 nitrogen and oxygen atoms in total. The average Bonchev–Trinajstić information content (AvgIpc) is 2.84. The van der Waals surface area contributed by atoms with E-state index in [9.17, 15) is 24.3 Å². The van der Waals surface area contributed by atoms with Gasteiger partial charge in [-0.3, -0.25) is 14.4 Å². The Morgan fingerprint density at radius 2 is 1.83 bits per heavy atom. The number of nitrogens with one attached hydrogen (secondary N) is 3. The molecule has 188 valence electrons. The number of carboxylic acids is 2. The summed E-state index contributed by atoms with van der Waals surface area (Å²) in [5, 5.41) is 23.3. The molecule has 0 bridgehead atoms. The van der Waals surface area contributed by atoms with E-state index in [2.05, 4.69) is 30.6 Å². The van der Waals surface area contributed by atoms with Gasteiger partial charge in [0.25, 0.3) is 11.5 Å². The number of fused-ring (bicyclic) bond motifs is 1. The van der Waals surface area contributed by atoms with Crippen molar-refractivity contribution in [2.45, 2.75) is 39.3 Å². The minimum Gasteiger partial charge on any atom is -0.481 e. The van der Waals surface area contributed by atoms with Crippen molar-refractivity contribution in [3.8, 4) is 0 Å². The Morgan fingerprint density at radius 1 is 1.11 bits per heavy atom. The van der Waals surface area contributed by atoms with E-state index in [-0.39, 0.29) is 36.1 Å². The molecule has 2 heterocycles. The minimum atomic E-state index is -1.31. The number of nitrogens with zero attached hydrogens (tertiary/aromatic N) is 3. The molecule has 1 aromatic carbocycles. The topological polar surface area (TPSA) is 187 Å². The highest BCUT2D eigenvalue weighted by Crippen LogP contribution is 2.12. The molecule has 3 rings (SSSR count). The fourth-order valence-corrected chi connectivity index (χ4v) is 3.12. The van der Waals surface area contributed by atoms with Crippen LogP contribution in [0.15, 0.2) is 41.3 Å². The minimum absolute atomic E-state index is 0.124. The van der Waals surface area contributed by atoms with Crippen molar-refractivity contribution in [1.29, 1.82) is 0 Å².